The summed E-state index contributed by atoms with van der Waals surface area (Å²) in [6.45, 7) is 1.86. The highest BCUT2D eigenvalue weighted by Crippen LogP contribution is 2.02. The molecule has 0 amide bonds. The van der Waals surface area contributed by atoms with E-state index in [0.717, 1.165) is 0 Å². The number of hydrogen-bond acceptors (Lipinski definition) is 5. The molecular formula is C9H15N5O2S. The van der Waals surface area contributed by atoms with Crippen molar-refractivity contribution in [2.75, 3.05) is 6.54 Å². The molecule has 1 rings (SSSR count). The monoisotopic (exact) mass is 257 g/mol. The van der Waals surface area contributed by atoms with Crippen LogP contribution in [0.3, 0.4) is 0 Å². The Balaban J connectivity index is 2.49. The molecule has 1 aromatic heterocycles. The van der Waals surface area contributed by atoms with Gasteiger partial charge >= 0.3 is 0 Å². The molecule has 0 aromatic carbocycles. The molecule has 1 atom stereocenters. The third-order valence-electron chi connectivity index (χ3n) is 2.19. The second kappa shape index (κ2) is 5.75. The molecular weight excluding hydrogens is 242 g/mol. The molecule has 0 saturated heterocycles. The molecule has 0 aliphatic carbocycles. The summed E-state index contributed by atoms with van der Waals surface area (Å²) in [5, 5.41) is 11.7. The molecule has 1 unspecified atom stereocenters. The molecule has 0 aliphatic rings. The number of nitriles is 1. The van der Waals surface area contributed by atoms with Gasteiger partial charge in [0.15, 0.2) is 11.1 Å². The van der Waals surface area contributed by atoms with Crippen LogP contribution in [0.15, 0.2) is 6.33 Å². The van der Waals surface area contributed by atoms with Crippen molar-refractivity contribution in [3.8, 4) is 6.07 Å². The van der Waals surface area contributed by atoms with E-state index in [0.29, 0.717) is 12.2 Å². The summed E-state index contributed by atoms with van der Waals surface area (Å²) in [5.41, 5.74) is 0. The van der Waals surface area contributed by atoms with Gasteiger partial charge in [0.05, 0.1) is 6.07 Å². The largest absolute Gasteiger partial charge is 0.256 e. The lowest BCUT2D eigenvalue weighted by molar-refractivity contribution is 0.571. The van der Waals surface area contributed by atoms with Crippen LogP contribution in [-0.2, 0) is 23.5 Å². The van der Waals surface area contributed by atoms with Gasteiger partial charge in [-0.3, -0.25) is 4.68 Å². The van der Waals surface area contributed by atoms with Crippen molar-refractivity contribution < 1.29 is 8.42 Å². The van der Waals surface area contributed by atoms with Gasteiger partial charge in [0, 0.05) is 20.0 Å². The van der Waals surface area contributed by atoms with Crippen LogP contribution < -0.4 is 4.72 Å². The molecule has 1 aromatic rings. The Bertz CT molecular complexity index is 502. The van der Waals surface area contributed by atoms with E-state index in [1.807, 2.05) is 0 Å². The first-order chi connectivity index (χ1) is 7.99. The molecule has 17 heavy (non-hydrogen) atoms. The number of aromatic nitrogens is 3. The van der Waals surface area contributed by atoms with Gasteiger partial charge < -0.3 is 0 Å². The van der Waals surface area contributed by atoms with E-state index in [4.69, 9.17) is 5.26 Å². The number of nitrogens with one attached hydrogen (secondary N) is 1. The minimum atomic E-state index is -3.56. The summed E-state index contributed by atoms with van der Waals surface area (Å²) >= 11 is 0. The molecule has 0 saturated carbocycles. The maximum Gasteiger partial charge on any atom is 0.227 e. The molecule has 7 nitrogen and oxygen atoms in total. The SMILES string of the molecule is CCC(C#N)S(=O)(=O)NCCc1ncn(C)n1. The maximum absolute atomic E-state index is 11.6. The smallest absolute Gasteiger partial charge is 0.227 e. The van der Waals surface area contributed by atoms with E-state index >= 15 is 0 Å². The lowest BCUT2D eigenvalue weighted by Crippen LogP contribution is -2.34. The van der Waals surface area contributed by atoms with E-state index in [1.54, 1.807) is 31.0 Å². The summed E-state index contributed by atoms with van der Waals surface area (Å²) in [5.74, 6) is 0.570. The Morgan fingerprint density at radius 1 is 1.65 bits per heavy atom. The zero-order chi connectivity index (χ0) is 12.9. The van der Waals surface area contributed by atoms with Gasteiger partial charge in [-0.05, 0) is 6.42 Å². The van der Waals surface area contributed by atoms with Crippen LogP contribution in [0.1, 0.15) is 19.2 Å². The van der Waals surface area contributed by atoms with Crippen molar-refractivity contribution in [1.29, 1.82) is 5.26 Å². The van der Waals surface area contributed by atoms with Crippen molar-refractivity contribution in [1.82, 2.24) is 19.5 Å². The topological polar surface area (TPSA) is 101 Å². The van der Waals surface area contributed by atoms with Crippen LogP contribution in [-0.4, -0.2) is 35.0 Å². The molecule has 0 fully saturated rings. The Morgan fingerprint density at radius 2 is 2.35 bits per heavy atom. The van der Waals surface area contributed by atoms with Gasteiger partial charge in [0.25, 0.3) is 0 Å². The van der Waals surface area contributed by atoms with Crippen LogP contribution in [0.25, 0.3) is 0 Å². The highest BCUT2D eigenvalue weighted by atomic mass is 32.2. The standard InChI is InChI=1S/C9H15N5O2S/c1-3-8(6-10)17(15,16)12-5-4-9-11-7-14(2)13-9/h7-8,12H,3-5H2,1-2H3. The highest BCUT2D eigenvalue weighted by Gasteiger charge is 2.22. The molecule has 94 valence electrons. The second-order valence-corrected chi connectivity index (χ2v) is 5.50. The van der Waals surface area contributed by atoms with Crippen molar-refractivity contribution in [2.24, 2.45) is 7.05 Å². The second-order valence-electron chi connectivity index (χ2n) is 3.55. The van der Waals surface area contributed by atoms with E-state index in [2.05, 4.69) is 14.8 Å². The molecule has 0 bridgehead atoms. The highest BCUT2D eigenvalue weighted by molar-refractivity contribution is 7.90. The Morgan fingerprint density at radius 3 is 2.82 bits per heavy atom. The van der Waals surface area contributed by atoms with Crippen LogP contribution >= 0.6 is 0 Å². The van der Waals surface area contributed by atoms with Gasteiger partial charge in [-0.25, -0.2) is 18.1 Å². The average molecular weight is 257 g/mol. The maximum atomic E-state index is 11.6. The zero-order valence-electron chi connectivity index (χ0n) is 9.79. The number of sulfonamides is 1. The third kappa shape index (κ3) is 3.80. The molecule has 1 heterocycles. The van der Waals surface area contributed by atoms with E-state index in [-0.39, 0.29) is 13.0 Å². The first-order valence-electron chi connectivity index (χ1n) is 5.22. The fourth-order valence-electron chi connectivity index (χ4n) is 1.28. The Hall–Kier alpha value is -1.46. The number of nitrogens with zero attached hydrogens (tertiary/aromatic N) is 4. The van der Waals surface area contributed by atoms with Crippen molar-refractivity contribution >= 4 is 10.0 Å². The van der Waals surface area contributed by atoms with E-state index in [1.165, 1.54) is 0 Å². The molecule has 8 heteroatoms. The van der Waals surface area contributed by atoms with Gasteiger partial charge in [-0.1, -0.05) is 6.92 Å². The van der Waals surface area contributed by atoms with Gasteiger partial charge in [0.1, 0.15) is 6.33 Å². The third-order valence-corrected chi connectivity index (χ3v) is 3.98. The van der Waals surface area contributed by atoms with Crippen LogP contribution in [0.5, 0.6) is 0 Å². The summed E-state index contributed by atoms with van der Waals surface area (Å²) in [4.78, 5) is 3.97. The van der Waals surface area contributed by atoms with Gasteiger partial charge in [-0.2, -0.15) is 10.4 Å². The Kier molecular flexibility index (Phi) is 4.60. The van der Waals surface area contributed by atoms with Crippen LogP contribution in [0, 0.1) is 11.3 Å². The van der Waals surface area contributed by atoms with Crippen molar-refractivity contribution in [3.63, 3.8) is 0 Å². The summed E-state index contributed by atoms with van der Waals surface area (Å²) < 4.78 is 27.1. The first-order valence-corrected chi connectivity index (χ1v) is 6.77. The van der Waals surface area contributed by atoms with Crippen molar-refractivity contribution in [2.45, 2.75) is 25.0 Å². The molecule has 0 radical (unpaired) electrons. The quantitative estimate of drug-likeness (QED) is 0.746. The summed E-state index contributed by atoms with van der Waals surface area (Å²) in [6.07, 6.45) is 2.23. The Labute approximate surface area is 101 Å². The molecule has 0 aliphatic heterocycles. The average Bonchev–Trinajstić information content (AvgIpc) is 2.65. The fourth-order valence-corrected chi connectivity index (χ4v) is 2.45. The minimum Gasteiger partial charge on any atom is -0.256 e. The number of hydrogen-bond donors (Lipinski definition) is 1. The lowest BCUT2D eigenvalue weighted by Gasteiger charge is -2.08. The van der Waals surface area contributed by atoms with E-state index < -0.39 is 15.3 Å². The molecule has 1 N–H and O–H groups in total. The summed E-state index contributed by atoms with van der Waals surface area (Å²) in [6, 6.07) is 1.76. The van der Waals surface area contributed by atoms with E-state index in [9.17, 15) is 8.42 Å². The zero-order valence-corrected chi connectivity index (χ0v) is 10.6. The summed E-state index contributed by atoms with van der Waals surface area (Å²) in [7, 11) is -1.82. The molecule has 0 spiro atoms. The predicted molar refractivity (Wildman–Crippen MR) is 61.3 cm³/mol. The van der Waals surface area contributed by atoms with Gasteiger partial charge in [-0.15, -0.1) is 0 Å². The number of rotatable bonds is 6. The van der Waals surface area contributed by atoms with Gasteiger partial charge in [0.2, 0.25) is 10.0 Å². The number of aryl methyl sites for hydroxylation is 1. The lowest BCUT2D eigenvalue weighted by atomic mass is 10.4. The van der Waals surface area contributed by atoms with Crippen LogP contribution in [0.2, 0.25) is 0 Å². The minimum absolute atomic E-state index is 0.199. The fraction of sp³-hybridized carbons (Fsp3) is 0.667. The first kappa shape index (κ1) is 13.6. The van der Waals surface area contributed by atoms with Crippen molar-refractivity contribution in [3.05, 3.63) is 12.2 Å². The predicted octanol–water partition coefficient (Wildman–Crippen LogP) is -0.421. The van der Waals surface area contributed by atoms with Crippen LogP contribution in [0.4, 0.5) is 0 Å². The normalized spacial score (nSPS) is 13.2.